The molecule has 0 bridgehead atoms. The maximum atomic E-state index is 11.8. The molecule has 1 aromatic carbocycles. The minimum atomic E-state index is 0.112. The molecule has 1 aromatic rings. The molecule has 1 aliphatic rings. The lowest BCUT2D eigenvalue weighted by Crippen LogP contribution is -2.14. The van der Waals surface area contributed by atoms with Crippen LogP contribution in [0.1, 0.15) is 24.8 Å². The molecule has 0 unspecified atom stereocenters. The smallest absolute Gasteiger partial charge is 0.224 e. The van der Waals surface area contributed by atoms with E-state index in [-0.39, 0.29) is 5.91 Å². The predicted octanol–water partition coefficient (Wildman–Crippen LogP) is 3.89. The van der Waals surface area contributed by atoms with Crippen LogP contribution in [0.5, 0.6) is 0 Å². The SMILES string of the molecule is Cc1ccc(NC(=O)C[C@H]2C=CCC2)cc1I. The van der Waals surface area contributed by atoms with Crippen LogP contribution in [-0.2, 0) is 4.79 Å². The highest BCUT2D eigenvalue weighted by molar-refractivity contribution is 14.1. The van der Waals surface area contributed by atoms with Gasteiger partial charge in [0.2, 0.25) is 5.91 Å². The van der Waals surface area contributed by atoms with E-state index in [1.165, 1.54) is 9.13 Å². The van der Waals surface area contributed by atoms with Crippen molar-refractivity contribution in [2.45, 2.75) is 26.2 Å². The Kier molecular flexibility index (Phi) is 4.20. The van der Waals surface area contributed by atoms with Crippen LogP contribution in [0, 0.1) is 16.4 Å². The third kappa shape index (κ3) is 3.56. The van der Waals surface area contributed by atoms with Crippen molar-refractivity contribution in [2.24, 2.45) is 5.92 Å². The van der Waals surface area contributed by atoms with Crippen molar-refractivity contribution in [3.8, 4) is 0 Å². The Morgan fingerprint density at radius 3 is 3.00 bits per heavy atom. The number of carbonyl (C=O) groups excluding carboxylic acids is 1. The van der Waals surface area contributed by atoms with Gasteiger partial charge in [0.1, 0.15) is 0 Å². The second-order valence-corrected chi connectivity index (χ2v) is 5.64. The first kappa shape index (κ1) is 12.6. The number of benzene rings is 1. The molecule has 1 atom stereocenters. The number of halogens is 1. The summed E-state index contributed by atoms with van der Waals surface area (Å²) >= 11 is 2.28. The molecule has 0 saturated carbocycles. The largest absolute Gasteiger partial charge is 0.326 e. The lowest BCUT2D eigenvalue weighted by molar-refractivity contribution is -0.116. The van der Waals surface area contributed by atoms with Crippen molar-refractivity contribution in [3.63, 3.8) is 0 Å². The standard InChI is InChI=1S/C14H16INO/c1-10-6-7-12(9-13(10)15)16-14(17)8-11-4-2-3-5-11/h2,4,6-7,9,11H,3,5,8H2,1H3,(H,16,17)/t11-/m0/s1. The van der Waals surface area contributed by atoms with E-state index in [9.17, 15) is 4.79 Å². The molecule has 1 aliphatic carbocycles. The molecule has 0 aliphatic heterocycles. The van der Waals surface area contributed by atoms with Gasteiger partial charge in [-0.3, -0.25) is 4.79 Å². The number of anilines is 1. The molecular weight excluding hydrogens is 325 g/mol. The lowest BCUT2D eigenvalue weighted by atomic mass is 10.1. The van der Waals surface area contributed by atoms with E-state index in [1.807, 2.05) is 18.2 Å². The fourth-order valence-corrected chi connectivity index (χ4v) is 2.50. The Bertz CT molecular complexity index is 454. The molecule has 3 heteroatoms. The van der Waals surface area contributed by atoms with Crippen LogP contribution in [0.25, 0.3) is 0 Å². The number of nitrogens with one attached hydrogen (secondary N) is 1. The highest BCUT2D eigenvalue weighted by Gasteiger charge is 2.14. The van der Waals surface area contributed by atoms with Crippen molar-refractivity contribution >= 4 is 34.2 Å². The summed E-state index contributed by atoms with van der Waals surface area (Å²) in [5.74, 6) is 0.542. The summed E-state index contributed by atoms with van der Waals surface area (Å²) in [7, 11) is 0. The average Bonchev–Trinajstić information content (AvgIpc) is 2.76. The predicted molar refractivity (Wildman–Crippen MR) is 79.0 cm³/mol. The molecule has 0 radical (unpaired) electrons. The fourth-order valence-electron chi connectivity index (χ4n) is 1.99. The van der Waals surface area contributed by atoms with Crippen LogP contribution >= 0.6 is 22.6 Å². The molecule has 2 nitrogen and oxygen atoms in total. The molecular formula is C14H16INO. The number of amides is 1. The van der Waals surface area contributed by atoms with Crippen molar-refractivity contribution in [1.82, 2.24) is 0 Å². The number of hydrogen-bond acceptors (Lipinski definition) is 1. The molecule has 0 aromatic heterocycles. The van der Waals surface area contributed by atoms with E-state index in [1.54, 1.807) is 0 Å². The Balaban J connectivity index is 1.93. The van der Waals surface area contributed by atoms with Crippen LogP contribution in [0.4, 0.5) is 5.69 Å². The first-order chi connectivity index (χ1) is 8.15. The third-order valence-corrected chi connectivity index (χ3v) is 4.18. The monoisotopic (exact) mass is 341 g/mol. The fraction of sp³-hybridized carbons (Fsp3) is 0.357. The van der Waals surface area contributed by atoms with Gasteiger partial charge in [-0.2, -0.15) is 0 Å². The first-order valence-corrected chi connectivity index (χ1v) is 6.95. The molecule has 17 heavy (non-hydrogen) atoms. The summed E-state index contributed by atoms with van der Waals surface area (Å²) in [6.45, 7) is 2.07. The van der Waals surface area contributed by atoms with Crippen molar-refractivity contribution < 1.29 is 4.79 Å². The highest BCUT2D eigenvalue weighted by atomic mass is 127. The van der Waals surface area contributed by atoms with E-state index >= 15 is 0 Å². The van der Waals surface area contributed by atoms with E-state index in [4.69, 9.17) is 0 Å². The van der Waals surface area contributed by atoms with E-state index < -0.39 is 0 Å². The van der Waals surface area contributed by atoms with Crippen molar-refractivity contribution in [1.29, 1.82) is 0 Å². The molecule has 2 rings (SSSR count). The second-order valence-electron chi connectivity index (χ2n) is 4.48. The zero-order chi connectivity index (χ0) is 12.3. The minimum absolute atomic E-state index is 0.112. The quantitative estimate of drug-likeness (QED) is 0.656. The Morgan fingerprint density at radius 2 is 2.35 bits per heavy atom. The number of allylic oxidation sites excluding steroid dienone is 2. The van der Waals surface area contributed by atoms with Gasteiger partial charge >= 0.3 is 0 Å². The summed E-state index contributed by atoms with van der Waals surface area (Å²) < 4.78 is 1.18. The normalized spacial score (nSPS) is 18.4. The van der Waals surface area contributed by atoms with Gasteiger partial charge in [-0.1, -0.05) is 18.2 Å². The summed E-state index contributed by atoms with van der Waals surface area (Å²) in [6.07, 6.45) is 7.13. The van der Waals surface area contributed by atoms with Gasteiger partial charge in [-0.05, 0) is 66.0 Å². The van der Waals surface area contributed by atoms with Crippen LogP contribution < -0.4 is 5.32 Å². The number of rotatable bonds is 3. The first-order valence-electron chi connectivity index (χ1n) is 5.88. The van der Waals surface area contributed by atoms with E-state index in [0.29, 0.717) is 12.3 Å². The second kappa shape index (κ2) is 5.67. The van der Waals surface area contributed by atoms with Crippen LogP contribution in [0.3, 0.4) is 0 Å². The molecule has 0 spiro atoms. The molecule has 1 N–H and O–H groups in total. The third-order valence-electron chi connectivity index (χ3n) is 3.02. The van der Waals surface area contributed by atoms with Crippen molar-refractivity contribution in [2.75, 3.05) is 5.32 Å². The molecule has 1 amide bonds. The summed E-state index contributed by atoms with van der Waals surface area (Å²) in [6, 6.07) is 6.00. The van der Waals surface area contributed by atoms with Crippen LogP contribution in [-0.4, -0.2) is 5.91 Å². The molecule has 0 heterocycles. The topological polar surface area (TPSA) is 29.1 Å². The average molecular weight is 341 g/mol. The zero-order valence-corrected chi connectivity index (χ0v) is 12.0. The van der Waals surface area contributed by atoms with Crippen molar-refractivity contribution in [3.05, 3.63) is 39.5 Å². The van der Waals surface area contributed by atoms with Gasteiger partial charge in [0.05, 0.1) is 0 Å². The highest BCUT2D eigenvalue weighted by Crippen LogP contribution is 2.22. The van der Waals surface area contributed by atoms with Gasteiger partial charge in [-0.25, -0.2) is 0 Å². The minimum Gasteiger partial charge on any atom is -0.326 e. The Labute approximate surface area is 116 Å². The Morgan fingerprint density at radius 1 is 1.53 bits per heavy atom. The summed E-state index contributed by atoms with van der Waals surface area (Å²) in [5.41, 5.74) is 2.13. The maximum absolute atomic E-state index is 11.8. The molecule has 0 fully saturated rings. The zero-order valence-electron chi connectivity index (χ0n) is 9.87. The van der Waals surface area contributed by atoms with E-state index in [0.717, 1.165) is 18.5 Å². The number of carbonyl (C=O) groups is 1. The summed E-state index contributed by atoms with van der Waals surface area (Å²) in [5, 5.41) is 2.96. The van der Waals surface area contributed by atoms with Gasteiger partial charge in [0, 0.05) is 15.7 Å². The Hall–Kier alpha value is -0.840. The maximum Gasteiger partial charge on any atom is 0.224 e. The van der Waals surface area contributed by atoms with Crippen LogP contribution in [0.2, 0.25) is 0 Å². The lowest BCUT2D eigenvalue weighted by Gasteiger charge is -2.09. The number of hydrogen-bond donors (Lipinski definition) is 1. The van der Waals surface area contributed by atoms with Gasteiger partial charge in [0.25, 0.3) is 0 Å². The number of aryl methyl sites for hydroxylation is 1. The summed E-state index contributed by atoms with van der Waals surface area (Å²) in [4.78, 5) is 11.8. The van der Waals surface area contributed by atoms with Gasteiger partial charge < -0.3 is 5.32 Å². The molecule has 90 valence electrons. The van der Waals surface area contributed by atoms with Gasteiger partial charge in [-0.15, -0.1) is 0 Å². The van der Waals surface area contributed by atoms with E-state index in [2.05, 4.69) is 47.0 Å². The van der Waals surface area contributed by atoms with Crippen LogP contribution in [0.15, 0.2) is 30.4 Å². The van der Waals surface area contributed by atoms with Gasteiger partial charge in [0.15, 0.2) is 0 Å². The molecule has 0 saturated heterocycles.